The van der Waals surface area contributed by atoms with Crippen molar-refractivity contribution in [2.45, 2.75) is 39.5 Å². The molecule has 1 aliphatic carbocycles. The van der Waals surface area contributed by atoms with E-state index in [1.165, 1.54) is 6.42 Å². The van der Waals surface area contributed by atoms with E-state index >= 15 is 0 Å². The third-order valence-corrected chi connectivity index (χ3v) is 3.87. The Labute approximate surface area is 105 Å². The third-order valence-electron chi connectivity index (χ3n) is 3.01. The Balaban J connectivity index is 2.31. The van der Waals surface area contributed by atoms with Gasteiger partial charge in [0.05, 0.1) is 10.2 Å². The van der Waals surface area contributed by atoms with Crippen LogP contribution in [0.1, 0.15) is 44.6 Å². The highest BCUT2D eigenvalue weighted by molar-refractivity contribution is 9.10. The fourth-order valence-corrected chi connectivity index (χ4v) is 2.24. The molecule has 1 aliphatic rings. The van der Waals surface area contributed by atoms with Crippen molar-refractivity contribution in [3.05, 3.63) is 16.0 Å². The summed E-state index contributed by atoms with van der Waals surface area (Å²) in [7, 11) is 0. The van der Waals surface area contributed by atoms with Crippen molar-refractivity contribution >= 4 is 21.7 Å². The van der Waals surface area contributed by atoms with Crippen LogP contribution in [0.25, 0.3) is 0 Å². The van der Waals surface area contributed by atoms with Crippen molar-refractivity contribution in [3.8, 4) is 0 Å². The van der Waals surface area contributed by atoms with Crippen LogP contribution in [0.5, 0.6) is 0 Å². The van der Waals surface area contributed by atoms with Gasteiger partial charge in [0.25, 0.3) is 0 Å². The van der Waals surface area contributed by atoms with Gasteiger partial charge in [0.15, 0.2) is 0 Å². The zero-order chi connectivity index (χ0) is 11.9. The average molecular weight is 284 g/mol. The Hall–Kier alpha value is -0.640. The molecule has 0 radical (unpaired) electrons. The van der Waals surface area contributed by atoms with Crippen LogP contribution in [0, 0.1) is 11.8 Å². The van der Waals surface area contributed by atoms with Crippen LogP contribution < -0.4 is 5.73 Å². The molecule has 88 valence electrons. The van der Waals surface area contributed by atoms with Gasteiger partial charge in [0.1, 0.15) is 11.6 Å². The van der Waals surface area contributed by atoms with E-state index in [1.54, 1.807) is 0 Å². The standard InChI is InChI=1S/C12H18BrN3/c1-6(2)4-9-10(13)11(14)16-12(15-9)8-5-7(8)3/h6-8H,4-5H2,1-3H3,(H2,14,15,16). The first-order chi connectivity index (χ1) is 7.49. The van der Waals surface area contributed by atoms with Crippen molar-refractivity contribution in [2.24, 2.45) is 11.8 Å². The van der Waals surface area contributed by atoms with Crippen molar-refractivity contribution < 1.29 is 0 Å². The highest BCUT2D eigenvalue weighted by Gasteiger charge is 2.37. The van der Waals surface area contributed by atoms with Crippen molar-refractivity contribution in [1.82, 2.24) is 9.97 Å². The van der Waals surface area contributed by atoms with E-state index in [-0.39, 0.29) is 0 Å². The molecule has 0 amide bonds. The fraction of sp³-hybridized carbons (Fsp3) is 0.667. The van der Waals surface area contributed by atoms with Crippen LogP contribution in [0.3, 0.4) is 0 Å². The Bertz CT molecular complexity index is 403. The second-order valence-electron chi connectivity index (χ2n) is 5.15. The summed E-state index contributed by atoms with van der Waals surface area (Å²) in [5, 5.41) is 0. The van der Waals surface area contributed by atoms with Gasteiger partial charge in [0.2, 0.25) is 0 Å². The van der Waals surface area contributed by atoms with Crippen LogP contribution in [0.2, 0.25) is 0 Å². The smallest absolute Gasteiger partial charge is 0.141 e. The topological polar surface area (TPSA) is 51.8 Å². The summed E-state index contributed by atoms with van der Waals surface area (Å²) in [6, 6.07) is 0. The van der Waals surface area contributed by atoms with Gasteiger partial charge in [-0.25, -0.2) is 9.97 Å². The molecule has 2 rings (SSSR count). The minimum atomic E-state index is 0.529. The Morgan fingerprint density at radius 3 is 2.56 bits per heavy atom. The molecule has 2 atom stereocenters. The zero-order valence-corrected chi connectivity index (χ0v) is 11.6. The van der Waals surface area contributed by atoms with Gasteiger partial charge in [-0.05, 0) is 40.6 Å². The van der Waals surface area contributed by atoms with E-state index < -0.39 is 0 Å². The molecule has 16 heavy (non-hydrogen) atoms. The first-order valence-corrected chi connectivity index (χ1v) is 6.60. The van der Waals surface area contributed by atoms with Crippen LogP contribution in [-0.2, 0) is 6.42 Å². The molecular weight excluding hydrogens is 266 g/mol. The number of rotatable bonds is 3. The number of hydrogen-bond acceptors (Lipinski definition) is 3. The second kappa shape index (κ2) is 4.32. The highest BCUT2D eigenvalue weighted by atomic mass is 79.9. The lowest BCUT2D eigenvalue weighted by atomic mass is 10.1. The first kappa shape index (κ1) is 11.8. The molecule has 1 fully saturated rings. The molecule has 0 aliphatic heterocycles. The monoisotopic (exact) mass is 283 g/mol. The van der Waals surface area contributed by atoms with Gasteiger partial charge < -0.3 is 5.73 Å². The van der Waals surface area contributed by atoms with E-state index in [1.807, 2.05) is 0 Å². The maximum atomic E-state index is 5.91. The Kier molecular flexibility index (Phi) is 3.19. The van der Waals surface area contributed by atoms with Gasteiger partial charge in [-0.2, -0.15) is 0 Å². The average Bonchev–Trinajstić information content (AvgIpc) is 2.89. The summed E-state index contributed by atoms with van der Waals surface area (Å²) in [5.41, 5.74) is 6.96. The minimum absolute atomic E-state index is 0.529. The predicted molar refractivity (Wildman–Crippen MR) is 69.2 cm³/mol. The maximum Gasteiger partial charge on any atom is 0.141 e. The summed E-state index contributed by atoms with van der Waals surface area (Å²) in [6.45, 7) is 6.60. The summed E-state index contributed by atoms with van der Waals surface area (Å²) in [4.78, 5) is 9.02. The molecule has 4 heteroatoms. The quantitative estimate of drug-likeness (QED) is 0.927. The lowest BCUT2D eigenvalue weighted by Crippen LogP contribution is -2.07. The lowest BCUT2D eigenvalue weighted by Gasteiger charge is -2.10. The molecule has 1 heterocycles. The van der Waals surface area contributed by atoms with Gasteiger partial charge in [-0.1, -0.05) is 20.8 Å². The molecular formula is C12H18BrN3. The lowest BCUT2D eigenvalue weighted by molar-refractivity contribution is 0.627. The zero-order valence-electron chi connectivity index (χ0n) is 10.00. The number of aromatic nitrogens is 2. The number of anilines is 1. The van der Waals surface area contributed by atoms with Crippen molar-refractivity contribution in [3.63, 3.8) is 0 Å². The fourth-order valence-electron chi connectivity index (χ4n) is 1.90. The van der Waals surface area contributed by atoms with Crippen molar-refractivity contribution in [1.29, 1.82) is 0 Å². The molecule has 0 saturated heterocycles. The van der Waals surface area contributed by atoms with E-state index in [0.29, 0.717) is 23.6 Å². The minimum Gasteiger partial charge on any atom is -0.383 e. The molecule has 0 bridgehead atoms. The van der Waals surface area contributed by atoms with E-state index in [4.69, 9.17) is 5.73 Å². The number of nitrogens with two attached hydrogens (primary N) is 1. The Morgan fingerprint density at radius 1 is 1.44 bits per heavy atom. The first-order valence-electron chi connectivity index (χ1n) is 5.80. The van der Waals surface area contributed by atoms with Crippen LogP contribution >= 0.6 is 15.9 Å². The predicted octanol–water partition coefficient (Wildman–Crippen LogP) is 3.14. The van der Waals surface area contributed by atoms with E-state index in [0.717, 1.165) is 22.4 Å². The van der Waals surface area contributed by atoms with Gasteiger partial charge in [-0.15, -0.1) is 0 Å². The Morgan fingerprint density at radius 2 is 2.06 bits per heavy atom. The summed E-state index contributed by atoms with van der Waals surface area (Å²) in [5.74, 6) is 3.34. The second-order valence-corrected chi connectivity index (χ2v) is 5.94. The summed E-state index contributed by atoms with van der Waals surface area (Å²) >= 11 is 3.48. The SMILES string of the molecule is CC(C)Cc1nc(C2CC2C)nc(N)c1Br. The molecule has 2 unspecified atom stereocenters. The maximum absolute atomic E-state index is 5.91. The molecule has 1 aromatic rings. The van der Waals surface area contributed by atoms with E-state index in [2.05, 4.69) is 46.7 Å². The summed E-state index contributed by atoms with van der Waals surface area (Å²) in [6.07, 6.45) is 2.14. The summed E-state index contributed by atoms with van der Waals surface area (Å²) < 4.78 is 0.873. The number of hydrogen-bond donors (Lipinski definition) is 1. The molecule has 2 N–H and O–H groups in total. The molecule has 1 saturated carbocycles. The normalized spacial score (nSPS) is 23.8. The van der Waals surface area contributed by atoms with Gasteiger partial charge in [0, 0.05) is 5.92 Å². The number of nitrogens with zero attached hydrogens (tertiary/aromatic N) is 2. The van der Waals surface area contributed by atoms with Crippen LogP contribution in [0.15, 0.2) is 4.47 Å². The van der Waals surface area contributed by atoms with Gasteiger partial charge in [-0.3, -0.25) is 0 Å². The molecule has 0 spiro atoms. The largest absolute Gasteiger partial charge is 0.383 e. The highest BCUT2D eigenvalue weighted by Crippen LogP contribution is 2.46. The van der Waals surface area contributed by atoms with Crippen molar-refractivity contribution in [2.75, 3.05) is 5.73 Å². The van der Waals surface area contributed by atoms with Gasteiger partial charge >= 0.3 is 0 Å². The van der Waals surface area contributed by atoms with Crippen LogP contribution in [0.4, 0.5) is 5.82 Å². The molecule has 3 nitrogen and oxygen atoms in total. The number of halogens is 1. The molecule has 1 aromatic heterocycles. The van der Waals surface area contributed by atoms with Crippen LogP contribution in [-0.4, -0.2) is 9.97 Å². The van der Waals surface area contributed by atoms with E-state index in [9.17, 15) is 0 Å². The molecule has 0 aromatic carbocycles. The number of nitrogen functional groups attached to an aromatic ring is 1. The third kappa shape index (κ3) is 2.37.